The van der Waals surface area contributed by atoms with Crippen LogP contribution in [-0.2, 0) is 16.0 Å². The maximum Gasteiger partial charge on any atom is 0.312 e. The number of esters is 1. The van der Waals surface area contributed by atoms with Gasteiger partial charge >= 0.3 is 5.97 Å². The number of aliphatic hydroxyl groups excluding tert-OH is 1. The minimum Gasteiger partial charge on any atom is -0.435 e. The van der Waals surface area contributed by atoms with Gasteiger partial charge in [0.05, 0.1) is 5.92 Å². The number of rotatable bonds is 5. The van der Waals surface area contributed by atoms with E-state index in [-0.39, 0.29) is 12.2 Å². The van der Waals surface area contributed by atoms with Crippen molar-refractivity contribution in [1.29, 1.82) is 0 Å². The molecule has 4 heteroatoms. The molecule has 1 heterocycles. The molecule has 4 nitrogen and oxygen atoms in total. The number of ketones is 1. The zero-order valence-electron chi connectivity index (χ0n) is 12.6. The monoisotopic (exact) mass is 310 g/mol. The van der Waals surface area contributed by atoms with Crippen LogP contribution in [0.1, 0.15) is 22.3 Å². The summed E-state index contributed by atoms with van der Waals surface area (Å²) in [6.07, 6.45) is -0.603. The van der Waals surface area contributed by atoms with Gasteiger partial charge < -0.3 is 9.84 Å². The summed E-state index contributed by atoms with van der Waals surface area (Å²) in [5, 5.41) is 10.0. The smallest absolute Gasteiger partial charge is 0.312 e. The van der Waals surface area contributed by atoms with Crippen LogP contribution < -0.4 is 0 Å². The third-order valence-electron chi connectivity index (χ3n) is 4.24. The Morgan fingerprint density at radius 2 is 1.61 bits per heavy atom. The summed E-state index contributed by atoms with van der Waals surface area (Å²) in [5.74, 6) is -1.63. The van der Waals surface area contributed by atoms with Gasteiger partial charge in [0.2, 0.25) is 6.29 Å². The van der Waals surface area contributed by atoms with Crippen molar-refractivity contribution in [1.82, 2.24) is 0 Å². The number of Topliss-reactive ketones (excluding diaryl/α,β-unsaturated/α-hetero) is 1. The third kappa shape index (κ3) is 3.48. The predicted molar refractivity (Wildman–Crippen MR) is 84.6 cm³/mol. The van der Waals surface area contributed by atoms with Crippen LogP contribution in [0, 0.1) is 11.8 Å². The maximum absolute atomic E-state index is 12.4. The van der Waals surface area contributed by atoms with Gasteiger partial charge in [-0.15, -0.1) is 0 Å². The highest BCUT2D eigenvalue weighted by molar-refractivity contribution is 5.98. The SMILES string of the molecule is O=C(C[C@H]1C(=O)OC(O)[C@@H]1Cc1ccccc1)c1ccccc1. The fourth-order valence-electron chi connectivity index (χ4n) is 2.97. The molecule has 2 aromatic carbocycles. The molecule has 2 aromatic rings. The molecular formula is C19H18O4. The first kappa shape index (κ1) is 15.4. The number of ether oxygens (including phenoxy) is 1. The molecule has 1 fully saturated rings. The molecule has 3 atom stereocenters. The van der Waals surface area contributed by atoms with Crippen molar-refractivity contribution in [3.8, 4) is 0 Å². The second kappa shape index (κ2) is 6.75. The number of hydrogen-bond donors (Lipinski definition) is 1. The van der Waals surface area contributed by atoms with Gasteiger partial charge in [-0.05, 0) is 12.0 Å². The largest absolute Gasteiger partial charge is 0.435 e. The predicted octanol–water partition coefficient (Wildman–Crippen LogP) is 2.61. The van der Waals surface area contributed by atoms with Gasteiger partial charge in [0.1, 0.15) is 0 Å². The van der Waals surface area contributed by atoms with E-state index in [1.54, 1.807) is 24.3 Å². The highest BCUT2D eigenvalue weighted by Crippen LogP contribution is 2.33. The Bertz CT molecular complexity index is 681. The van der Waals surface area contributed by atoms with E-state index in [0.717, 1.165) is 5.56 Å². The van der Waals surface area contributed by atoms with Crippen molar-refractivity contribution in [2.24, 2.45) is 11.8 Å². The van der Waals surface area contributed by atoms with Crippen LogP contribution in [0.2, 0.25) is 0 Å². The number of carbonyl (C=O) groups excluding carboxylic acids is 2. The Morgan fingerprint density at radius 1 is 1.00 bits per heavy atom. The molecule has 0 saturated carbocycles. The Kier molecular flexibility index (Phi) is 4.53. The van der Waals surface area contributed by atoms with Gasteiger partial charge in [-0.1, -0.05) is 60.7 Å². The quantitative estimate of drug-likeness (QED) is 0.681. The van der Waals surface area contributed by atoms with Gasteiger partial charge in [0.15, 0.2) is 5.78 Å². The standard InChI is InChI=1S/C19H18O4/c20-17(14-9-5-2-6-10-14)12-16-15(18(21)23-19(16)22)11-13-7-3-1-4-8-13/h1-10,15-16,18,21H,11-12H2/t15-,16-,18?/m1/s1. The van der Waals surface area contributed by atoms with Crippen LogP contribution in [-0.4, -0.2) is 23.1 Å². The van der Waals surface area contributed by atoms with Crippen LogP contribution >= 0.6 is 0 Å². The van der Waals surface area contributed by atoms with Crippen LogP contribution in [0.15, 0.2) is 60.7 Å². The number of hydrogen-bond acceptors (Lipinski definition) is 4. The molecule has 0 spiro atoms. The lowest BCUT2D eigenvalue weighted by Gasteiger charge is -2.17. The van der Waals surface area contributed by atoms with E-state index < -0.39 is 24.1 Å². The van der Waals surface area contributed by atoms with Crippen molar-refractivity contribution in [2.75, 3.05) is 0 Å². The van der Waals surface area contributed by atoms with Crippen molar-refractivity contribution < 1.29 is 19.4 Å². The van der Waals surface area contributed by atoms with Gasteiger partial charge in [-0.2, -0.15) is 0 Å². The van der Waals surface area contributed by atoms with Crippen molar-refractivity contribution in [2.45, 2.75) is 19.1 Å². The number of carbonyl (C=O) groups is 2. The van der Waals surface area contributed by atoms with E-state index in [4.69, 9.17) is 4.74 Å². The minimum absolute atomic E-state index is 0.0530. The van der Waals surface area contributed by atoms with Crippen molar-refractivity contribution in [3.63, 3.8) is 0 Å². The van der Waals surface area contributed by atoms with Crippen molar-refractivity contribution in [3.05, 3.63) is 71.8 Å². The Labute approximate surface area is 134 Å². The Balaban J connectivity index is 1.75. The highest BCUT2D eigenvalue weighted by atomic mass is 16.6. The lowest BCUT2D eigenvalue weighted by molar-refractivity contribution is -0.157. The van der Waals surface area contributed by atoms with E-state index in [9.17, 15) is 14.7 Å². The van der Waals surface area contributed by atoms with E-state index in [1.165, 1.54) is 0 Å². The van der Waals surface area contributed by atoms with Crippen LogP contribution in [0.4, 0.5) is 0 Å². The van der Waals surface area contributed by atoms with Crippen molar-refractivity contribution >= 4 is 11.8 Å². The average Bonchev–Trinajstić information content (AvgIpc) is 2.83. The van der Waals surface area contributed by atoms with E-state index in [2.05, 4.69) is 0 Å². The zero-order valence-corrected chi connectivity index (χ0v) is 12.6. The highest BCUT2D eigenvalue weighted by Gasteiger charge is 2.44. The normalized spacial score (nSPS) is 23.5. The second-order valence-corrected chi connectivity index (χ2v) is 5.78. The van der Waals surface area contributed by atoms with Gasteiger partial charge in [0.25, 0.3) is 0 Å². The van der Waals surface area contributed by atoms with Gasteiger partial charge in [-0.3, -0.25) is 9.59 Å². The minimum atomic E-state index is -1.16. The molecule has 1 aliphatic heterocycles. The Morgan fingerprint density at radius 3 is 2.26 bits per heavy atom. The lowest BCUT2D eigenvalue weighted by atomic mass is 9.84. The van der Waals surface area contributed by atoms with Crippen LogP contribution in [0.3, 0.4) is 0 Å². The summed E-state index contributed by atoms with van der Waals surface area (Å²) in [6, 6.07) is 18.5. The maximum atomic E-state index is 12.4. The molecule has 0 bridgehead atoms. The Hall–Kier alpha value is -2.46. The topological polar surface area (TPSA) is 63.6 Å². The fraction of sp³-hybridized carbons (Fsp3) is 0.263. The van der Waals surface area contributed by atoms with Gasteiger partial charge in [-0.25, -0.2) is 0 Å². The zero-order chi connectivity index (χ0) is 16.2. The molecule has 0 radical (unpaired) electrons. The van der Waals surface area contributed by atoms with Crippen LogP contribution in [0.5, 0.6) is 0 Å². The summed E-state index contributed by atoms with van der Waals surface area (Å²) in [6.45, 7) is 0. The summed E-state index contributed by atoms with van der Waals surface area (Å²) >= 11 is 0. The van der Waals surface area contributed by atoms with Gasteiger partial charge in [0, 0.05) is 17.9 Å². The first-order valence-electron chi connectivity index (χ1n) is 7.66. The first-order valence-corrected chi connectivity index (χ1v) is 7.66. The molecule has 118 valence electrons. The van der Waals surface area contributed by atoms with E-state index in [1.807, 2.05) is 36.4 Å². The number of benzene rings is 2. The molecule has 1 unspecified atom stereocenters. The fourth-order valence-corrected chi connectivity index (χ4v) is 2.97. The molecule has 0 aliphatic carbocycles. The molecule has 3 rings (SSSR count). The molecule has 23 heavy (non-hydrogen) atoms. The number of aliphatic hydroxyl groups is 1. The number of cyclic esters (lactones) is 1. The van der Waals surface area contributed by atoms with E-state index >= 15 is 0 Å². The molecule has 0 aromatic heterocycles. The summed E-state index contributed by atoms with van der Waals surface area (Å²) in [5.41, 5.74) is 1.58. The molecule has 1 aliphatic rings. The van der Waals surface area contributed by atoms with E-state index in [0.29, 0.717) is 12.0 Å². The molecule has 0 amide bonds. The average molecular weight is 310 g/mol. The third-order valence-corrected chi connectivity index (χ3v) is 4.24. The first-order chi connectivity index (χ1) is 11.1. The molecular weight excluding hydrogens is 292 g/mol. The lowest BCUT2D eigenvalue weighted by Crippen LogP contribution is -2.25. The summed E-state index contributed by atoms with van der Waals surface area (Å²) < 4.78 is 4.96. The summed E-state index contributed by atoms with van der Waals surface area (Å²) in [4.78, 5) is 24.4. The molecule has 1 saturated heterocycles. The van der Waals surface area contributed by atoms with Crippen LogP contribution in [0.25, 0.3) is 0 Å². The summed E-state index contributed by atoms with van der Waals surface area (Å²) in [7, 11) is 0. The molecule has 1 N–H and O–H groups in total. The second-order valence-electron chi connectivity index (χ2n) is 5.78.